The van der Waals surface area contributed by atoms with Crippen molar-refractivity contribution in [3.8, 4) is 5.75 Å². The maximum absolute atomic E-state index is 12.8. The molecule has 142 valence electrons. The lowest BCUT2D eigenvalue weighted by molar-refractivity contribution is 0.415. The highest BCUT2D eigenvalue weighted by atomic mass is 79.9. The highest BCUT2D eigenvalue weighted by Gasteiger charge is 2.16. The number of rotatable bonds is 5. The second-order valence-electron chi connectivity index (χ2n) is 6.58. The molecule has 0 amide bonds. The third-order valence-electron chi connectivity index (χ3n) is 4.77. The normalized spacial score (nSPS) is 15.9. The molecule has 27 heavy (non-hydrogen) atoms. The first-order valence-corrected chi connectivity index (χ1v) is 11.1. The van der Waals surface area contributed by atoms with Crippen LogP contribution in [-0.4, -0.2) is 39.4 Å². The van der Waals surface area contributed by atoms with Gasteiger partial charge in [0.2, 0.25) is 0 Å². The zero-order chi connectivity index (χ0) is 18.8. The Hall–Kier alpha value is -1.93. The predicted molar refractivity (Wildman–Crippen MR) is 111 cm³/mol. The SMILES string of the molecule is COc1ccc2nc(S(=O)Cc3ncc(N4CCCCC4)cc3Br)[nH]c2c1. The van der Waals surface area contributed by atoms with Crippen molar-refractivity contribution in [3.63, 3.8) is 0 Å². The summed E-state index contributed by atoms with van der Waals surface area (Å²) in [4.78, 5) is 14.5. The average molecular weight is 449 g/mol. The fourth-order valence-corrected chi connectivity index (χ4v) is 4.98. The number of anilines is 1. The van der Waals surface area contributed by atoms with E-state index in [1.807, 2.05) is 24.4 Å². The number of aromatic nitrogens is 3. The molecule has 3 heterocycles. The summed E-state index contributed by atoms with van der Waals surface area (Å²) in [5.41, 5.74) is 3.47. The smallest absolute Gasteiger partial charge is 0.197 e. The molecule has 1 aliphatic heterocycles. The van der Waals surface area contributed by atoms with Gasteiger partial charge in [0.25, 0.3) is 0 Å². The van der Waals surface area contributed by atoms with Crippen LogP contribution in [0.4, 0.5) is 5.69 Å². The van der Waals surface area contributed by atoms with Gasteiger partial charge >= 0.3 is 0 Å². The Balaban J connectivity index is 1.52. The van der Waals surface area contributed by atoms with E-state index < -0.39 is 10.8 Å². The Morgan fingerprint density at radius 2 is 2.07 bits per heavy atom. The highest BCUT2D eigenvalue weighted by Crippen LogP contribution is 2.26. The van der Waals surface area contributed by atoms with E-state index in [1.54, 1.807) is 7.11 Å². The molecule has 2 aromatic heterocycles. The number of nitrogens with zero attached hydrogens (tertiary/aromatic N) is 3. The van der Waals surface area contributed by atoms with Gasteiger partial charge in [-0.2, -0.15) is 0 Å². The van der Waals surface area contributed by atoms with E-state index in [0.29, 0.717) is 10.9 Å². The molecule has 8 heteroatoms. The zero-order valence-corrected chi connectivity index (χ0v) is 17.5. The summed E-state index contributed by atoms with van der Waals surface area (Å²) in [6.07, 6.45) is 5.62. The molecule has 0 saturated carbocycles. The van der Waals surface area contributed by atoms with Gasteiger partial charge in [0.1, 0.15) is 5.75 Å². The third kappa shape index (κ3) is 4.01. The van der Waals surface area contributed by atoms with Gasteiger partial charge in [-0.1, -0.05) is 0 Å². The maximum atomic E-state index is 12.8. The molecule has 1 saturated heterocycles. The quantitative estimate of drug-likeness (QED) is 0.637. The lowest BCUT2D eigenvalue weighted by Crippen LogP contribution is -2.29. The van der Waals surface area contributed by atoms with E-state index >= 15 is 0 Å². The second-order valence-corrected chi connectivity index (χ2v) is 8.81. The molecule has 0 aliphatic carbocycles. The highest BCUT2D eigenvalue weighted by molar-refractivity contribution is 9.10. The number of fused-ring (bicyclic) bond motifs is 1. The van der Waals surface area contributed by atoms with Crippen LogP contribution in [0.2, 0.25) is 0 Å². The molecule has 4 rings (SSSR count). The number of benzene rings is 1. The van der Waals surface area contributed by atoms with Gasteiger partial charge in [-0.25, -0.2) is 4.98 Å². The van der Waals surface area contributed by atoms with Crippen LogP contribution in [0.15, 0.2) is 40.1 Å². The van der Waals surface area contributed by atoms with Gasteiger partial charge < -0.3 is 14.6 Å². The molecule has 6 nitrogen and oxygen atoms in total. The average Bonchev–Trinajstić information content (AvgIpc) is 3.13. The molecule has 1 fully saturated rings. The summed E-state index contributed by atoms with van der Waals surface area (Å²) in [7, 11) is 0.308. The molecule has 1 aromatic carbocycles. The summed E-state index contributed by atoms with van der Waals surface area (Å²) in [6, 6.07) is 7.62. The van der Waals surface area contributed by atoms with Crippen LogP contribution >= 0.6 is 15.9 Å². The maximum Gasteiger partial charge on any atom is 0.197 e. The van der Waals surface area contributed by atoms with Crippen molar-refractivity contribution in [1.29, 1.82) is 0 Å². The first-order chi connectivity index (χ1) is 13.1. The fourth-order valence-electron chi connectivity index (χ4n) is 3.28. The molecule has 1 unspecified atom stereocenters. The molecule has 1 aliphatic rings. The zero-order valence-electron chi connectivity index (χ0n) is 15.1. The standard InChI is InChI=1S/C19H21BrN4O2S/c1-26-14-5-6-16-17(10-14)23-19(22-16)27(25)12-18-15(20)9-13(11-21-18)24-7-3-2-4-8-24/h5-6,9-11H,2-4,7-8,12H2,1H3,(H,22,23). The number of imidazole rings is 1. The first kappa shape index (κ1) is 18.4. The Labute approximate surface area is 168 Å². The molecule has 0 radical (unpaired) electrons. The minimum atomic E-state index is -1.31. The minimum Gasteiger partial charge on any atom is -0.497 e. The van der Waals surface area contributed by atoms with Crippen LogP contribution in [0.1, 0.15) is 25.0 Å². The van der Waals surface area contributed by atoms with E-state index in [-0.39, 0.29) is 0 Å². The Kier molecular flexibility index (Phi) is 5.45. The van der Waals surface area contributed by atoms with Gasteiger partial charge in [-0.15, -0.1) is 0 Å². The summed E-state index contributed by atoms with van der Waals surface area (Å²) < 4.78 is 18.9. The van der Waals surface area contributed by atoms with Crippen molar-refractivity contribution in [2.75, 3.05) is 25.1 Å². The van der Waals surface area contributed by atoms with Gasteiger partial charge in [-0.05, 0) is 53.4 Å². The van der Waals surface area contributed by atoms with Crippen LogP contribution < -0.4 is 9.64 Å². The number of hydrogen-bond acceptors (Lipinski definition) is 5. The molecular formula is C19H21BrN4O2S. The van der Waals surface area contributed by atoms with Crippen LogP contribution in [0.5, 0.6) is 5.75 Å². The van der Waals surface area contributed by atoms with Gasteiger partial charge in [-0.3, -0.25) is 9.19 Å². The number of halogens is 1. The van der Waals surface area contributed by atoms with Crippen LogP contribution in [-0.2, 0) is 16.6 Å². The van der Waals surface area contributed by atoms with Crippen LogP contribution in [0.25, 0.3) is 11.0 Å². The summed E-state index contributed by atoms with van der Waals surface area (Å²) in [6.45, 7) is 2.14. The number of ether oxygens (including phenoxy) is 1. The van der Waals surface area contributed by atoms with E-state index in [4.69, 9.17) is 4.74 Å². The molecule has 1 atom stereocenters. The van der Waals surface area contributed by atoms with Crippen LogP contribution in [0.3, 0.4) is 0 Å². The Bertz CT molecular complexity index is 985. The van der Waals surface area contributed by atoms with Gasteiger partial charge in [0, 0.05) is 23.6 Å². The summed E-state index contributed by atoms with van der Waals surface area (Å²) in [5.74, 6) is 1.04. The summed E-state index contributed by atoms with van der Waals surface area (Å²) in [5, 5.41) is 0.451. The largest absolute Gasteiger partial charge is 0.497 e. The molecule has 3 aromatic rings. The van der Waals surface area contributed by atoms with E-state index in [1.165, 1.54) is 19.3 Å². The number of hydrogen-bond donors (Lipinski definition) is 1. The fraction of sp³-hybridized carbons (Fsp3) is 0.368. The second kappa shape index (κ2) is 7.98. The Morgan fingerprint density at radius 3 is 2.81 bits per heavy atom. The molecule has 0 bridgehead atoms. The van der Waals surface area contributed by atoms with Crippen molar-refractivity contribution >= 4 is 43.5 Å². The van der Waals surface area contributed by atoms with Crippen molar-refractivity contribution in [1.82, 2.24) is 15.0 Å². The van der Waals surface area contributed by atoms with Crippen molar-refractivity contribution in [3.05, 3.63) is 40.6 Å². The number of pyridine rings is 1. The number of nitrogens with one attached hydrogen (secondary N) is 1. The van der Waals surface area contributed by atoms with Gasteiger partial charge in [0.15, 0.2) is 5.16 Å². The molecule has 1 N–H and O–H groups in total. The monoisotopic (exact) mass is 448 g/mol. The van der Waals surface area contributed by atoms with Crippen molar-refractivity contribution < 1.29 is 8.95 Å². The Morgan fingerprint density at radius 1 is 1.26 bits per heavy atom. The number of H-pyrrole nitrogens is 1. The predicted octanol–water partition coefficient (Wildman–Crippen LogP) is 4.03. The third-order valence-corrected chi connectivity index (χ3v) is 6.62. The van der Waals surface area contributed by atoms with Crippen LogP contribution in [0, 0.1) is 0 Å². The number of piperidine rings is 1. The van der Waals surface area contributed by atoms with Crippen molar-refractivity contribution in [2.24, 2.45) is 0 Å². The van der Waals surface area contributed by atoms with E-state index in [0.717, 1.165) is 45.7 Å². The lowest BCUT2D eigenvalue weighted by atomic mass is 10.1. The number of aromatic amines is 1. The van der Waals surface area contributed by atoms with E-state index in [2.05, 4.69) is 41.8 Å². The summed E-state index contributed by atoms with van der Waals surface area (Å²) >= 11 is 3.60. The molecule has 0 spiro atoms. The van der Waals surface area contributed by atoms with Crippen molar-refractivity contribution in [2.45, 2.75) is 30.2 Å². The molecular weight excluding hydrogens is 428 g/mol. The van der Waals surface area contributed by atoms with E-state index in [9.17, 15) is 4.21 Å². The lowest BCUT2D eigenvalue weighted by Gasteiger charge is -2.28. The minimum absolute atomic E-state index is 0.303. The first-order valence-electron chi connectivity index (χ1n) is 8.95. The van der Waals surface area contributed by atoms with Gasteiger partial charge in [0.05, 0.1) is 52.3 Å². The topological polar surface area (TPSA) is 71.1 Å². The number of methoxy groups -OCH3 is 1.